The van der Waals surface area contributed by atoms with Crippen molar-refractivity contribution in [2.24, 2.45) is 0 Å². The highest BCUT2D eigenvalue weighted by atomic mass is 16.5. The maximum atomic E-state index is 12.2. The third-order valence-electron chi connectivity index (χ3n) is 4.37. The van der Waals surface area contributed by atoms with Crippen molar-refractivity contribution < 1.29 is 14.6 Å². The Morgan fingerprint density at radius 1 is 1.04 bits per heavy atom. The van der Waals surface area contributed by atoms with Gasteiger partial charge in [0, 0.05) is 11.9 Å². The first-order chi connectivity index (χ1) is 12.2. The molecule has 0 bridgehead atoms. The van der Waals surface area contributed by atoms with Gasteiger partial charge in [0.2, 0.25) is 0 Å². The van der Waals surface area contributed by atoms with E-state index in [1.54, 1.807) is 12.3 Å². The van der Waals surface area contributed by atoms with E-state index in [9.17, 15) is 9.90 Å². The summed E-state index contributed by atoms with van der Waals surface area (Å²) in [4.78, 5) is 16.3. The molecule has 0 amide bonds. The van der Waals surface area contributed by atoms with Gasteiger partial charge in [-0.2, -0.15) is 0 Å². The van der Waals surface area contributed by atoms with E-state index in [1.165, 1.54) is 13.3 Å². The second kappa shape index (κ2) is 5.94. The zero-order valence-corrected chi connectivity index (χ0v) is 13.6. The largest absolute Gasteiger partial charge is 0.506 e. The molecule has 5 nitrogen and oxygen atoms in total. The first-order valence-electron chi connectivity index (χ1n) is 7.91. The van der Waals surface area contributed by atoms with Gasteiger partial charge in [0.05, 0.1) is 41.5 Å². The highest BCUT2D eigenvalue weighted by Gasteiger charge is 2.20. The highest BCUT2D eigenvalue weighted by molar-refractivity contribution is 6.18. The molecule has 0 unspecified atom stereocenters. The van der Waals surface area contributed by atoms with Crippen LogP contribution >= 0.6 is 0 Å². The van der Waals surface area contributed by atoms with E-state index in [0.29, 0.717) is 22.9 Å². The number of hydrogen-bond donors (Lipinski definition) is 1. The van der Waals surface area contributed by atoms with E-state index in [0.717, 1.165) is 16.6 Å². The van der Waals surface area contributed by atoms with Gasteiger partial charge in [-0.1, -0.05) is 36.4 Å². The van der Waals surface area contributed by atoms with E-state index in [1.807, 2.05) is 42.5 Å². The van der Waals surface area contributed by atoms with Crippen LogP contribution in [0.5, 0.6) is 5.75 Å². The zero-order valence-electron chi connectivity index (χ0n) is 13.6. The van der Waals surface area contributed by atoms with E-state index in [4.69, 9.17) is 4.74 Å². The van der Waals surface area contributed by atoms with Gasteiger partial charge in [-0.3, -0.25) is 4.98 Å². The fourth-order valence-electron chi connectivity index (χ4n) is 3.27. The lowest BCUT2D eigenvalue weighted by Crippen LogP contribution is -2.02. The number of esters is 1. The minimum atomic E-state index is -0.430. The van der Waals surface area contributed by atoms with E-state index >= 15 is 0 Å². The number of aromatic nitrogens is 2. The van der Waals surface area contributed by atoms with Crippen molar-refractivity contribution in [1.29, 1.82) is 0 Å². The van der Waals surface area contributed by atoms with Gasteiger partial charge in [0.1, 0.15) is 5.75 Å². The second-order valence-electron chi connectivity index (χ2n) is 5.82. The summed E-state index contributed by atoms with van der Waals surface area (Å²) in [6.45, 7) is 0.608. The van der Waals surface area contributed by atoms with E-state index < -0.39 is 5.97 Å². The number of fused-ring (bicyclic) bond motifs is 3. The van der Waals surface area contributed by atoms with Crippen molar-refractivity contribution in [2.45, 2.75) is 6.54 Å². The monoisotopic (exact) mass is 332 g/mol. The van der Waals surface area contributed by atoms with Crippen molar-refractivity contribution in [3.8, 4) is 5.75 Å². The fraction of sp³-hybridized carbons (Fsp3) is 0.100. The highest BCUT2D eigenvalue weighted by Crippen LogP contribution is 2.37. The Balaban J connectivity index is 2.08. The van der Waals surface area contributed by atoms with Crippen LogP contribution in [0.3, 0.4) is 0 Å². The predicted octanol–water partition coefficient (Wildman–Crippen LogP) is 3.73. The van der Waals surface area contributed by atoms with Crippen molar-refractivity contribution in [3.63, 3.8) is 0 Å². The third-order valence-corrected chi connectivity index (χ3v) is 4.37. The van der Waals surface area contributed by atoms with Crippen molar-refractivity contribution in [2.75, 3.05) is 7.11 Å². The van der Waals surface area contributed by atoms with Gasteiger partial charge in [-0.15, -0.1) is 0 Å². The molecule has 2 aromatic heterocycles. The lowest BCUT2D eigenvalue weighted by Gasteiger charge is -2.08. The average molecular weight is 332 g/mol. The molecular weight excluding hydrogens is 316 g/mol. The van der Waals surface area contributed by atoms with Crippen LogP contribution in [-0.4, -0.2) is 27.7 Å². The number of nitrogens with zero attached hydrogens (tertiary/aromatic N) is 2. The van der Waals surface area contributed by atoms with Crippen LogP contribution in [0.4, 0.5) is 0 Å². The Bertz CT molecular complexity index is 1080. The molecule has 5 heteroatoms. The molecule has 124 valence electrons. The van der Waals surface area contributed by atoms with E-state index in [2.05, 4.69) is 9.55 Å². The van der Waals surface area contributed by atoms with Crippen molar-refractivity contribution >= 4 is 27.8 Å². The van der Waals surface area contributed by atoms with Crippen LogP contribution in [0.1, 0.15) is 15.9 Å². The number of ether oxygens (including phenoxy) is 1. The minimum absolute atomic E-state index is 0.0469. The Hall–Kier alpha value is -3.34. The van der Waals surface area contributed by atoms with Crippen LogP contribution in [-0.2, 0) is 11.3 Å². The third kappa shape index (κ3) is 2.41. The number of hydrogen-bond acceptors (Lipinski definition) is 4. The molecule has 25 heavy (non-hydrogen) atoms. The van der Waals surface area contributed by atoms with Crippen molar-refractivity contribution in [3.05, 3.63) is 72.1 Å². The molecule has 0 saturated heterocycles. The smallest absolute Gasteiger partial charge is 0.338 e. The normalized spacial score (nSPS) is 11.1. The average Bonchev–Trinajstić information content (AvgIpc) is 2.97. The topological polar surface area (TPSA) is 64.3 Å². The molecule has 0 fully saturated rings. The second-order valence-corrected chi connectivity index (χ2v) is 5.82. The first kappa shape index (κ1) is 15.2. The molecule has 0 aliphatic rings. The van der Waals surface area contributed by atoms with Crippen LogP contribution in [0.2, 0.25) is 0 Å². The van der Waals surface area contributed by atoms with Gasteiger partial charge in [0.15, 0.2) is 0 Å². The summed E-state index contributed by atoms with van der Waals surface area (Å²) >= 11 is 0. The Labute approximate surface area is 144 Å². The van der Waals surface area contributed by atoms with Crippen molar-refractivity contribution in [1.82, 2.24) is 9.55 Å². The quantitative estimate of drug-likeness (QED) is 0.581. The standard InChI is InChI=1S/C20H16N2O3/c1-25-20(24)14-8-5-9-15-18(14)19-16(10-21-11-17(19)23)22(15)12-13-6-3-2-4-7-13/h2-11,23H,12H2,1H3. The Kier molecular flexibility index (Phi) is 3.61. The summed E-state index contributed by atoms with van der Waals surface area (Å²) in [7, 11) is 1.35. The lowest BCUT2D eigenvalue weighted by molar-refractivity contribution is 0.0603. The summed E-state index contributed by atoms with van der Waals surface area (Å²) in [5.41, 5.74) is 3.17. The number of carbonyl (C=O) groups excluding carboxylic acids is 1. The summed E-state index contributed by atoms with van der Waals surface area (Å²) in [6.07, 6.45) is 3.10. The lowest BCUT2D eigenvalue weighted by atomic mass is 10.1. The SMILES string of the molecule is COC(=O)c1cccc2c1c1c(O)cncc1n2Cc1ccccc1. The number of rotatable bonds is 3. The zero-order chi connectivity index (χ0) is 17.4. The van der Waals surface area contributed by atoms with Gasteiger partial charge in [-0.25, -0.2) is 4.79 Å². The molecule has 0 aliphatic carbocycles. The molecule has 0 radical (unpaired) electrons. The Morgan fingerprint density at radius 3 is 2.60 bits per heavy atom. The van der Waals surface area contributed by atoms with Crippen LogP contribution < -0.4 is 0 Å². The van der Waals surface area contributed by atoms with Crippen LogP contribution in [0, 0.1) is 0 Å². The first-order valence-corrected chi connectivity index (χ1v) is 7.91. The molecular formula is C20H16N2O3. The van der Waals surface area contributed by atoms with Gasteiger partial charge < -0.3 is 14.4 Å². The molecule has 0 spiro atoms. The number of benzene rings is 2. The van der Waals surface area contributed by atoms with Gasteiger partial charge in [0.25, 0.3) is 0 Å². The molecule has 2 aromatic carbocycles. The summed E-state index contributed by atoms with van der Waals surface area (Å²) in [6, 6.07) is 15.5. The molecule has 1 N–H and O–H groups in total. The maximum Gasteiger partial charge on any atom is 0.338 e. The van der Waals surface area contributed by atoms with Crippen LogP contribution in [0.25, 0.3) is 21.8 Å². The van der Waals surface area contributed by atoms with Gasteiger partial charge in [-0.05, 0) is 17.7 Å². The fourth-order valence-corrected chi connectivity index (χ4v) is 3.27. The molecule has 0 aliphatic heterocycles. The van der Waals surface area contributed by atoms with E-state index in [-0.39, 0.29) is 5.75 Å². The van der Waals surface area contributed by atoms with Gasteiger partial charge >= 0.3 is 5.97 Å². The molecule has 4 rings (SSSR count). The molecule has 0 saturated carbocycles. The number of methoxy groups -OCH3 is 1. The Morgan fingerprint density at radius 2 is 1.84 bits per heavy atom. The summed E-state index contributed by atoms with van der Waals surface area (Å²) in [5, 5.41) is 11.7. The number of pyridine rings is 1. The molecule has 4 aromatic rings. The maximum absolute atomic E-state index is 12.2. The molecule has 2 heterocycles. The molecule has 0 atom stereocenters. The number of aromatic hydroxyl groups is 1. The predicted molar refractivity (Wildman–Crippen MR) is 95.8 cm³/mol. The summed E-state index contributed by atoms with van der Waals surface area (Å²) in [5.74, 6) is -0.383. The van der Waals surface area contributed by atoms with Crippen LogP contribution in [0.15, 0.2) is 60.9 Å². The number of carbonyl (C=O) groups is 1. The minimum Gasteiger partial charge on any atom is -0.506 e. The summed E-state index contributed by atoms with van der Waals surface area (Å²) < 4.78 is 6.97.